The molecule has 0 radical (unpaired) electrons. The largest absolute Gasteiger partial charge is 0.360 e. The molecular weight excluding hydrogens is 340 g/mol. The molecule has 0 saturated carbocycles. The third kappa shape index (κ3) is 3.54. The van der Waals surface area contributed by atoms with Gasteiger partial charge in [-0.2, -0.15) is 0 Å². The minimum absolute atomic E-state index is 0.133. The molecule has 3 aromatic rings. The first-order valence-electron chi connectivity index (χ1n) is 8.52. The number of H-pyrrole nitrogens is 1. The Morgan fingerprint density at radius 2 is 2.28 bits per heavy atom. The molecule has 1 unspecified atom stereocenters. The molecule has 2 aromatic heterocycles. The summed E-state index contributed by atoms with van der Waals surface area (Å²) in [5, 5.41) is 3.96. The SMILES string of the molecule is O=C(CCc1cc(Cl)no1)N1CCCC(c2nc3ccccc3[nH]2)C1. The molecule has 1 aliphatic rings. The first-order chi connectivity index (χ1) is 12.2. The molecule has 1 fully saturated rings. The van der Waals surface area contributed by atoms with Gasteiger partial charge < -0.3 is 14.4 Å². The number of piperidine rings is 1. The van der Waals surface area contributed by atoms with Crippen molar-refractivity contribution in [1.82, 2.24) is 20.0 Å². The van der Waals surface area contributed by atoms with Gasteiger partial charge in [0.25, 0.3) is 0 Å². The summed E-state index contributed by atoms with van der Waals surface area (Å²) in [4.78, 5) is 22.6. The number of nitrogens with zero attached hydrogens (tertiary/aromatic N) is 3. The number of rotatable bonds is 4. The second kappa shape index (κ2) is 6.88. The number of carbonyl (C=O) groups excluding carboxylic acids is 1. The smallest absolute Gasteiger partial charge is 0.223 e. The number of aromatic amines is 1. The Balaban J connectivity index is 1.40. The summed E-state index contributed by atoms with van der Waals surface area (Å²) in [6.07, 6.45) is 2.95. The molecule has 1 aliphatic heterocycles. The van der Waals surface area contributed by atoms with Gasteiger partial charge in [0.2, 0.25) is 5.91 Å². The highest BCUT2D eigenvalue weighted by Gasteiger charge is 2.26. The minimum Gasteiger partial charge on any atom is -0.360 e. The number of hydrogen-bond acceptors (Lipinski definition) is 4. The van der Waals surface area contributed by atoms with Crippen LogP contribution in [0.4, 0.5) is 0 Å². The van der Waals surface area contributed by atoms with Crippen molar-refractivity contribution in [3.05, 3.63) is 47.1 Å². The van der Waals surface area contributed by atoms with Crippen LogP contribution in [0.25, 0.3) is 11.0 Å². The highest BCUT2D eigenvalue weighted by Crippen LogP contribution is 2.27. The van der Waals surface area contributed by atoms with Gasteiger partial charge in [-0.3, -0.25) is 4.79 Å². The number of likely N-dealkylation sites (tertiary alicyclic amines) is 1. The van der Waals surface area contributed by atoms with E-state index in [0.29, 0.717) is 30.3 Å². The molecule has 130 valence electrons. The zero-order chi connectivity index (χ0) is 17.2. The van der Waals surface area contributed by atoms with Gasteiger partial charge in [-0.25, -0.2) is 4.98 Å². The summed E-state index contributed by atoms with van der Waals surface area (Å²) >= 11 is 5.73. The topological polar surface area (TPSA) is 75.0 Å². The first-order valence-corrected chi connectivity index (χ1v) is 8.90. The lowest BCUT2D eigenvalue weighted by Gasteiger charge is -2.31. The van der Waals surface area contributed by atoms with Crippen molar-refractivity contribution >= 4 is 28.5 Å². The van der Waals surface area contributed by atoms with E-state index >= 15 is 0 Å². The van der Waals surface area contributed by atoms with Crippen molar-refractivity contribution in [2.24, 2.45) is 0 Å². The monoisotopic (exact) mass is 358 g/mol. The quantitative estimate of drug-likeness (QED) is 0.774. The Kier molecular flexibility index (Phi) is 4.44. The summed E-state index contributed by atoms with van der Waals surface area (Å²) in [7, 11) is 0. The number of carbonyl (C=O) groups is 1. The standard InChI is InChI=1S/C18H19ClN4O2/c19-16-10-13(25-22-16)7-8-17(24)23-9-3-4-12(11-23)18-20-14-5-1-2-6-15(14)21-18/h1-2,5-6,10,12H,3-4,7-9,11H2,(H,20,21). The lowest BCUT2D eigenvalue weighted by atomic mass is 9.97. The Bertz CT molecular complexity index is 855. The van der Waals surface area contributed by atoms with Crippen LogP contribution in [0, 0.1) is 0 Å². The van der Waals surface area contributed by atoms with Crippen LogP contribution >= 0.6 is 11.6 Å². The van der Waals surface area contributed by atoms with Crippen LogP contribution in [0.1, 0.15) is 36.8 Å². The Labute approximate surface area is 150 Å². The molecule has 0 bridgehead atoms. The average molecular weight is 359 g/mol. The van der Waals surface area contributed by atoms with Crippen LogP contribution in [0.5, 0.6) is 0 Å². The zero-order valence-electron chi connectivity index (χ0n) is 13.7. The fourth-order valence-corrected chi connectivity index (χ4v) is 3.54. The number of aromatic nitrogens is 3. The summed E-state index contributed by atoms with van der Waals surface area (Å²) in [6.45, 7) is 1.50. The van der Waals surface area contributed by atoms with Gasteiger partial charge in [-0.15, -0.1) is 0 Å². The number of fused-ring (bicyclic) bond motifs is 1. The highest BCUT2D eigenvalue weighted by molar-refractivity contribution is 6.29. The Hall–Kier alpha value is -2.34. The molecule has 1 aromatic carbocycles. The van der Waals surface area contributed by atoms with E-state index in [2.05, 4.69) is 10.1 Å². The van der Waals surface area contributed by atoms with E-state index in [4.69, 9.17) is 21.1 Å². The van der Waals surface area contributed by atoms with E-state index < -0.39 is 0 Å². The maximum absolute atomic E-state index is 12.5. The lowest BCUT2D eigenvalue weighted by molar-refractivity contribution is -0.132. The highest BCUT2D eigenvalue weighted by atomic mass is 35.5. The molecule has 1 amide bonds. The number of nitrogens with one attached hydrogen (secondary N) is 1. The summed E-state index contributed by atoms with van der Waals surface area (Å²) < 4.78 is 5.06. The van der Waals surface area contributed by atoms with E-state index in [1.165, 1.54) is 0 Å². The predicted octanol–water partition coefficient (Wildman–Crippen LogP) is 3.54. The molecule has 0 spiro atoms. The summed E-state index contributed by atoms with van der Waals surface area (Å²) in [5.41, 5.74) is 2.02. The lowest BCUT2D eigenvalue weighted by Crippen LogP contribution is -2.39. The number of imidazole rings is 1. The van der Waals surface area contributed by atoms with Gasteiger partial charge in [-0.1, -0.05) is 28.9 Å². The van der Waals surface area contributed by atoms with Gasteiger partial charge in [0.1, 0.15) is 11.6 Å². The normalized spacial score (nSPS) is 18.0. The molecule has 1 atom stereocenters. The van der Waals surface area contributed by atoms with Crippen molar-refractivity contribution in [3.8, 4) is 0 Å². The number of halogens is 1. The van der Waals surface area contributed by atoms with Crippen LogP contribution in [-0.2, 0) is 11.2 Å². The number of para-hydroxylation sites is 2. The molecule has 1 N–H and O–H groups in total. The van der Waals surface area contributed by atoms with Gasteiger partial charge in [-0.05, 0) is 25.0 Å². The second-order valence-electron chi connectivity index (χ2n) is 6.43. The van der Waals surface area contributed by atoms with Crippen LogP contribution in [0.3, 0.4) is 0 Å². The third-order valence-corrected chi connectivity index (χ3v) is 4.86. The maximum Gasteiger partial charge on any atom is 0.223 e. The molecule has 4 rings (SSSR count). The molecular formula is C18H19ClN4O2. The van der Waals surface area contributed by atoms with E-state index in [0.717, 1.165) is 36.2 Å². The molecule has 7 heteroatoms. The van der Waals surface area contributed by atoms with Gasteiger partial charge in [0, 0.05) is 37.9 Å². The van der Waals surface area contributed by atoms with Crippen molar-refractivity contribution in [2.45, 2.75) is 31.6 Å². The van der Waals surface area contributed by atoms with Crippen molar-refractivity contribution in [1.29, 1.82) is 0 Å². The molecule has 0 aliphatic carbocycles. The number of hydrogen-bond donors (Lipinski definition) is 1. The summed E-state index contributed by atoms with van der Waals surface area (Å²) in [5.74, 6) is 2.00. The number of aryl methyl sites for hydroxylation is 1. The number of benzene rings is 1. The van der Waals surface area contributed by atoms with Crippen LogP contribution in [0.2, 0.25) is 5.15 Å². The Morgan fingerprint density at radius 1 is 1.40 bits per heavy atom. The van der Waals surface area contributed by atoms with Crippen molar-refractivity contribution in [2.75, 3.05) is 13.1 Å². The fourth-order valence-electron chi connectivity index (χ4n) is 3.39. The van der Waals surface area contributed by atoms with E-state index in [1.54, 1.807) is 6.07 Å². The van der Waals surface area contributed by atoms with Crippen LogP contribution < -0.4 is 0 Å². The fraction of sp³-hybridized carbons (Fsp3) is 0.389. The molecule has 3 heterocycles. The van der Waals surface area contributed by atoms with Crippen LogP contribution in [-0.4, -0.2) is 39.0 Å². The maximum atomic E-state index is 12.5. The minimum atomic E-state index is 0.133. The Morgan fingerprint density at radius 3 is 3.08 bits per heavy atom. The first kappa shape index (κ1) is 16.1. The second-order valence-corrected chi connectivity index (χ2v) is 6.82. The van der Waals surface area contributed by atoms with E-state index in [9.17, 15) is 4.79 Å². The number of amides is 1. The van der Waals surface area contributed by atoms with Gasteiger partial charge in [0.15, 0.2) is 5.15 Å². The van der Waals surface area contributed by atoms with Gasteiger partial charge in [0.05, 0.1) is 11.0 Å². The molecule has 25 heavy (non-hydrogen) atoms. The molecule has 1 saturated heterocycles. The predicted molar refractivity (Wildman–Crippen MR) is 94.5 cm³/mol. The average Bonchev–Trinajstić information content (AvgIpc) is 3.25. The van der Waals surface area contributed by atoms with E-state index in [1.807, 2.05) is 29.2 Å². The summed E-state index contributed by atoms with van der Waals surface area (Å²) in [6, 6.07) is 9.67. The van der Waals surface area contributed by atoms with Gasteiger partial charge >= 0.3 is 0 Å². The van der Waals surface area contributed by atoms with Crippen LogP contribution in [0.15, 0.2) is 34.9 Å². The third-order valence-electron chi connectivity index (χ3n) is 4.68. The zero-order valence-corrected chi connectivity index (χ0v) is 14.5. The van der Waals surface area contributed by atoms with Crippen molar-refractivity contribution < 1.29 is 9.32 Å². The van der Waals surface area contributed by atoms with Crippen molar-refractivity contribution in [3.63, 3.8) is 0 Å². The molecule has 6 nitrogen and oxygen atoms in total. The van der Waals surface area contributed by atoms with E-state index in [-0.39, 0.29) is 11.8 Å².